The summed E-state index contributed by atoms with van der Waals surface area (Å²) >= 11 is 0. The lowest BCUT2D eigenvalue weighted by Crippen LogP contribution is -2.02. The summed E-state index contributed by atoms with van der Waals surface area (Å²) in [7, 11) is 0. The smallest absolute Gasteiger partial charge is 0.119 e. The molecule has 0 bridgehead atoms. The fourth-order valence-corrected chi connectivity index (χ4v) is 1.63. The van der Waals surface area contributed by atoms with Gasteiger partial charge in [-0.2, -0.15) is 0 Å². The molecule has 1 aliphatic carbocycles. The summed E-state index contributed by atoms with van der Waals surface area (Å²) in [6.07, 6.45) is 4.19. The molecule has 1 aliphatic rings. The van der Waals surface area contributed by atoms with E-state index in [0.29, 0.717) is 0 Å². The third-order valence-electron chi connectivity index (χ3n) is 2.96. The summed E-state index contributed by atoms with van der Waals surface area (Å²) in [4.78, 5) is 0. The minimum atomic E-state index is -0.217. The van der Waals surface area contributed by atoms with Crippen LogP contribution in [-0.4, -0.2) is 17.8 Å². The average Bonchev–Trinajstić information content (AvgIpc) is 3.09. The summed E-state index contributed by atoms with van der Waals surface area (Å²) in [5.74, 6) is 1.77. The molecular weight excluding hydrogens is 200 g/mol. The van der Waals surface area contributed by atoms with E-state index in [0.717, 1.165) is 31.1 Å². The molecule has 0 aliphatic heterocycles. The Balaban J connectivity index is 1.78. The Labute approximate surface area is 97.3 Å². The van der Waals surface area contributed by atoms with Crippen molar-refractivity contribution < 1.29 is 9.84 Å². The molecule has 1 aromatic rings. The lowest BCUT2D eigenvalue weighted by atomic mass is 10.1. The van der Waals surface area contributed by atoms with Gasteiger partial charge >= 0.3 is 0 Å². The van der Waals surface area contributed by atoms with Crippen molar-refractivity contribution in [1.82, 2.24) is 0 Å². The molecule has 2 rings (SSSR count). The van der Waals surface area contributed by atoms with E-state index in [1.165, 1.54) is 18.4 Å². The Morgan fingerprint density at radius 3 is 2.56 bits per heavy atom. The fraction of sp³-hybridized carbons (Fsp3) is 0.571. The highest BCUT2D eigenvalue weighted by molar-refractivity contribution is 5.27. The first-order valence-corrected chi connectivity index (χ1v) is 6.14. The molecule has 16 heavy (non-hydrogen) atoms. The topological polar surface area (TPSA) is 29.5 Å². The normalized spacial score (nSPS) is 17.1. The van der Waals surface area contributed by atoms with Gasteiger partial charge in [0.05, 0.1) is 12.7 Å². The van der Waals surface area contributed by atoms with E-state index >= 15 is 0 Å². The molecule has 2 nitrogen and oxygen atoms in total. The van der Waals surface area contributed by atoms with E-state index in [4.69, 9.17) is 4.74 Å². The Bertz CT molecular complexity index is 287. The van der Waals surface area contributed by atoms with Gasteiger partial charge in [-0.05, 0) is 56.2 Å². The van der Waals surface area contributed by atoms with Crippen LogP contribution in [0.2, 0.25) is 0 Å². The molecule has 1 aromatic carbocycles. The van der Waals surface area contributed by atoms with Crippen LogP contribution < -0.4 is 4.74 Å². The first kappa shape index (κ1) is 11.5. The summed E-state index contributed by atoms with van der Waals surface area (Å²) < 4.78 is 5.66. The molecule has 0 aromatic heterocycles. The van der Waals surface area contributed by atoms with Gasteiger partial charge in [0.25, 0.3) is 0 Å². The van der Waals surface area contributed by atoms with E-state index in [1.54, 1.807) is 0 Å². The summed E-state index contributed by atoms with van der Waals surface area (Å²) in [5, 5.41) is 9.20. The molecule has 1 unspecified atom stereocenters. The highest BCUT2D eigenvalue weighted by atomic mass is 16.5. The van der Waals surface area contributed by atoms with Crippen LogP contribution in [0.5, 0.6) is 5.75 Å². The lowest BCUT2D eigenvalue weighted by molar-refractivity contribution is 0.185. The maximum absolute atomic E-state index is 9.20. The molecule has 1 atom stereocenters. The summed E-state index contributed by atoms with van der Waals surface area (Å²) in [5.41, 5.74) is 1.26. The maximum atomic E-state index is 9.20. The second-order valence-corrected chi connectivity index (χ2v) is 4.79. The van der Waals surface area contributed by atoms with Gasteiger partial charge in [-0.1, -0.05) is 12.1 Å². The number of aliphatic hydroxyl groups excluding tert-OH is 1. The van der Waals surface area contributed by atoms with Gasteiger partial charge in [0.2, 0.25) is 0 Å². The second kappa shape index (κ2) is 5.35. The molecular formula is C14H20O2. The van der Waals surface area contributed by atoms with Gasteiger partial charge < -0.3 is 9.84 Å². The minimum absolute atomic E-state index is 0.217. The maximum Gasteiger partial charge on any atom is 0.119 e. The van der Waals surface area contributed by atoms with Crippen molar-refractivity contribution in [3.05, 3.63) is 29.8 Å². The molecule has 1 N–H and O–H groups in total. The van der Waals surface area contributed by atoms with Crippen LogP contribution in [0.15, 0.2) is 24.3 Å². The lowest BCUT2D eigenvalue weighted by Gasteiger charge is -2.07. The molecule has 0 saturated heterocycles. The van der Waals surface area contributed by atoms with Gasteiger partial charge in [-0.3, -0.25) is 0 Å². The largest absolute Gasteiger partial charge is 0.493 e. The van der Waals surface area contributed by atoms with E-state index in [1.807, 2.05) is 19.1 Å². The number of hydrogen-bond acceptors (Lipinski definition) is 2. The van der Waals surface area contributed by atoms with Gasteiger partial charge in [0, 0.05) is 0 Å². The predicted octanol–water partition coefficient (Wildman–Crippen LogP) is 2.79. The van der Waals surface area contributed by atoms with Crippen molar-refractivity contribution in [2.45, 2.75) is 38.7 Å². The van der Waals surface area contributed by atoms with E-state index < -0.39 is 0 Å². The Hall–Kier alpha value is -1.02. The summed E-state index contributed by atoms with van der Waals surface area (Å²) in [6, 6.07) is 8.23. The van der Waals surface area contributed by atoms with Crippen molar-refractivity contribution in [2.75, 3.05) is 6.61 Å². The second-order valence-electron chi connectivity index (χ2n) is 4.79. The Kier molecular flexibility index (Phi) is 3.83. The van der Waals surface area contributed by atoms with Crippen LogP contribution in [-0.2, 0) is 6.42 Å². The summed E-state index contributed by atoms with van der Waals surface area (Å²) in [6.45, 7) is 2.69. The third-order valence-corrected chi connectivity index (χ3v) is 2.96. The predicted molar refractivity (Wildman–Crippen MR) is 64.7 cm³/mol. The highest BCUT2D eigenvalue weighted by Gasteiger charge is 2.21. The average molecular weight is 220 g/mol. The molecule has 2 heteroatoms. The van der Waals surface area contributed by atoms with Crippen molar-refractivity contribution in [1.29, 1.82) is 0 Å². The molecule has 0 amide bonds. The van der Waals surface area contributed by atoms with E-state index in [-0.39, 0.29) is 6.10 Å². The first-order valence-electron chi connectivity index (χ1n) is 6.14. The quantitative estimate of drug-likeness (QED) is 0.798. The van der Waals surface area contributed by atoms with Crippen LogP contribution in [0.25, 0.3) is 0 Å². The van der Waals surface area contributed by atoms with Gasteiger partial charge in [-0.15, -0.1) is 0 Å². The van der Waals surface area contributed by atoms with Crippen LogP contribution in [0.4, 0.5) is 0 Å². The zero-order chi connectivity index (χ0) is 11.4. The van der Waals surface area contributed by atoms with Gasteiger partial charge in [0.1, 0.15) is 5.75 Å². The van der Waals surface area contributed by atoms with Crippen molar-refractivity contribution in [3.8, 4) is 5.75 Å². The minimum Gasteiger partial charge on any atom is -0.493 e. The monoisotopic (exact) mass is 220 g/mol. The van der Waals surface area contributed by atoms with Crippen LogP contribution in [0.1, 0.15) is 31.7 Å². The van der Waals surface area contributed by atoms with Crippen molar-refractivity contribution >= 4 is 0 Å². The zero-order valence-electron chi connectivity index (χ0n) is 9.86. The van der Waals surface area contributed by atoms with E-state index in [2.05, 4.69) is 12.1 Å². The Morgan fingerprint density at radius 2 is 2.00 bits per heavy atom. The van der Waals surface area contributed by atoms with Crippen molar-refractivity contribution in [3.63, 3.8) is 0 Å². The Morgan fingerprint density at radius 1 is 1.31 bits per heavy atom. The van der Waals surface area contributed by atoms with Gasteiger partial charge in [-0.25, -0.2) is 0 Å². The number of rotatable bonds is 6. The fourth-order valence-electron chi connectivity index (χ4n) is 1.63. The molecule has 0 radical (unpaired) electrons. The van der Waals surface area contributed by atoms with Crippen molar-refractivity contribution in [2.24, 2.45) is 5.92 Å². The van der Waals surface area contributed by atoms with Crippen LogP contribution in [0, 0.1) is 5.92 Å². The van der Waals surface area contributed by atoms with E-state index in [9.17, 15) is 5.11 Å². The molecule has 1 fully saturated rings. The number of ether oxygens (including phenoxy) is 1. The first-order chi connectivity index (χ1) is 7.74. The third kappa shape index (κ3) is 3.86. The standard InChI is InChI=1S/C14H20O2/c1-11(15)2-3-12-6-8-14(9-7-12)16-10-13-4-5-13/h6-9,11,13,15H,2-5,10H2,1H3. The number of aliphatic hydroxyl groups is 1. The molecule has 88 valence electrons. The van der Waals surface area contributed by atoms with Crippen LogP contribution >= 0.6 is 0 Å². The number of benzene rings is 1. The zero-order valence-corrected chi connectivity index (χ0v) is 9.86. The number of aryl methyl sites for hydroxylation is 1. The molecule has 0 heterocycles. The number of hydrogen-bond donors (Lipinski definition) is 1. The SMILES string of the molecule is CC(O)CCc1ccc(OCC2CC2)cc1. The molecule has 0 spiro atoms. The van der Waals surface area contributed by atoms with Gasteiger partial charge in [0.15, 0.2) is 0 Å². The van der Waals surface area contributed by atoms with Crippen LogP contribution in [0.3, 0.4) is 0 Å². The molecule has 1 saturated carbocycles. The highest BCUT2D eigenvalue weighted by Crippen LogP contribution is 2.29.